The summed E-state index contributed by atoms with van der Waals surface area (Å²) in [7, 11) is 0. The molecule has 55 valence electrons. The van der Waals surface area contributed by atoms with E-state index >= 15 is 0 Å². The van der Waals surface area contributed by atoms with E-state index < -0.39 is 0 Å². The Morgan fingerprint density at radius 1 is 1.33 bits per heavy atom. The van der Waals surface area contributed by atoms with Gasteiger partial charge in [-0.1, -0.05) is 40.5 Å². The molecule has 0 aromatic carbocycles. The van der Waals surface area contributed by atoms with Gasteiger partial charge in [-0.2, -0.15) is 0 Å². The van der Waals surface area contributed by atoms with Crippen molar-refractivity contribution in [3.63, 3.8) is 0 Å². The lowest BCUT2D eigenvalue weighted by molar-refractivity contribution is 0.326. The number of hydrogen-bond acceptors (Lipinski definition) is 0. The van der Waals surface area contributed by atoms with Crippen molar-refractivity contribution in [1.29, 1.82) is 0 Å². The van der Waals surface area contributed by atoms with Crippen LogP contribution in [0.3, 0.4) is 0 Å². The van der Waals surface area contributed by atoms with Crippen LogP contribution in [0.5, 0.6) is 0 Å². The lowest BCUT2D eigenvalue weighted by atomic mass is 9.85. The van der Waals surface area contributed by atoms with Crippen molar-refractivity contribution >= 4 is 0 Å². The first kappa shape index (κ1) is 9.00. The normalized spacial score (nSPS) is 12.0. The van der Waals surface area contributed by atoms with Crippen LogP contribution in [0.4, 0.5) is 0 Å². The van der Waals surface area contributed by atoms with Crippen molar-refractivity contribution in [2.24, 2.45) is 5.41 Å². The first-order valence-corrected chi connectivity index (χ1v) is 3.91. The second kappa shape index (κ2) is 3.92. The lowest BCUT2D eigenvalue weighted by Crippen LogP contribution is -2.08. The van der Waals surface area contributed by atoms with E-state index in [0.29, 0.717) is 5.41 Å². The molecule has 0 aliphatic heterocycles. The summed E-state index contributed by atoms with van der Waals surface area (Å²) < 4.78 is 0. The van der Waals surface area contributed by atoms with Crippen LogP contribution in [0.1, 0.15) is 46.5 Å². The molecule has 0 fully saturated rings. The molecular weight excluding hydrogens is 108 g/mol. The summed E-state index contributed by atoms with van der Waals surface area (Å²) in [5.74, 6) is 0. The van der Waals surface area contributed by atoms with E-state index in [1.165, 1.54) is 19.3 Å². The molecule has 0 spiro atoms. The number of hydrogen-bond donors (Lipinski definition) is 0. The molecule has 9 heavy (non-hydrogen) atoms. The van der Waals surface area contributed by atoms with Gasteiger partial charge in [0.1, 0.15) is 0 Å². The van der Waals surface area contributed by atoms with Crippen LogP contribution in [0, 0.1) is 12.3 Å². The van der Waals surface area contributed by atoms with E-state index in [1.807, 2.05) is 0 Å². The smallest absolute Gasteiger partial charge is 0.0354 e. The molecule has 0 unspecified atom stereocenters. The molecule has 0 saturated heterocycles. The van der Waals surface area contributed by atoms with Crippen LogP contribution in [0.25, 0.3) is 0 Å². The first-order valence-electron chi connectivity index (χ1n) is 3.91. The highest BCUT2D eigenvalue weighted by Crippen LogP contribution is 2.26. The van der Waals surface area contributed by atoms with Crippen molar-refractivity contribution in [2.75, 3.05) is 0 Å². The van der Waals surface area contributed by atoms with Gasteiger partial charge in [0, 0.05) is 0 Å². The highest BCUT2D eigenvalue weighted by Gasteiger charge is 2.12. The molecular formula is C9H19. The third-order valence-electron chi connectivity index (χ3n) is 1.88. The maximum absolute atomic E-state index is 3.91. The zero-order valence-electron chi connectivity index (χ0n) is 7.04. The molecule has 0 saturated carbocycles. The topological polar surface area (TPSA) is 0 Å². The van der Waals surface area contributed by atoms with E-state index in [-0.39, 0.29) is 0 Å². The van der Waals surface area contributed by atoms with Gasteiger partial charge in [0.2, 0.25) is 0 Å². The molecule has 0 heterocycles. The Morgan fingerprint density at radius 2 is 1.89 bits per heavy atom. The third-order valence-corrected chi connectivity index (χ3v) is 1.88. The van der Waals surface area contributed by atoms with Gasteiger partial charge in [0.25, 0.3) is 0 Å². The predicted octanol–water partition coefficient (Wildman–Crippen LogP) is 3.43. The minimum absolute atomic E-state index is 0.482. The van der Waals surface area contributed by atoms with Crippen molar-refractivity contribution in [2.45, 2.75) is 46.5 Å². The molecule has 0 amide bonds. The van der Waals surface area contributed by atoms with Crippen molar-refractivity contribution in [3.05, 3.63) is 6.92 Å². The summed E-state index contributed by atoms with van der Waals surface area (Å²) in [6.07, 6.45) is 5.05. The van der Waals surface area contributed by atoms with Gasteiger partial charge in [0.05, 0.1) is 0 Å². The molecule has 0 rings (SSSR count). The molecule has 0 aromatic heterocycles. The molecule has 0 bridgehead atoms. The fraction of sp³-hybridized carbons (Fsp3) is 0.889. The molecule has 0 N–H and O–H groups in total. The minimum atomic E-state index is 0.482. The molecule has 1 radical (unpaired) electrons. The fourth-order valence-electron chi connectivity index (χ4n) is 0.780. The zero-order chi connectivity index (χ0) is 7.33. The Labute approximate surface area is 59.7 Å². The second-order valence-electron chi connectivity index (χ2n) is 3.52. The largest absolute Gasteiger partial charge is 0.0654 e. The average molecular weight is 127 g/mol. The second-order valence-corrected chi connectivity index (χ2v) is 3.52. The number of rotatable bonds is 4. The summed E-state index contributed by atoms with van der Waals surface area (Å²) in [6.45, 7) is 10.7. The van der Waals surface area contributed by atoms with Gasteiger partial charge in [-0.05, 0) is 18.3 Å². The van der Waals surface area contributed by atoms with E-state index in [1.54, 1.807) is 0 Å². The number of unbranched alkanes of at least 4 members (excludes halogenated alkanes) is 1. The van der Waals surface area contributed by atoms with Gasteiger partial charge in [-0.15, -0.1) is 0 Å². The highest BCUT2D eigenvalue weighted by atomic mass is 14.2. The lowest BCUT2D eigenvalue weighted by Gasteiger charge is -2.21. The van der Waals surface area contributed by atoms with Crippen LogP contribution in [0.15, 0.2) is 0 Å². The maximum atomic E-state index is 3.91. The van der Waals surface area contributed by atoms with Gasteiger partial charge < -0.3 is 0 Å². The molecule has 0 atom stereocenters. The van der Waals surface area contributed by atoms with E-state index in [0.717, 1.165) is 6.42 Å². The van der Waals surface area contributed by atoms with Gasteiger partial charge >= 0.3 is 0 Å². The summed E-state index contributed by atoms with van der Waals surface area (Å²) in [5.41, 5.74) is 0.482. The summed E-state index contributed by atoms with van der Waals surface area (Å²) >= 11 is 0. The monoisotopic (exact) mass is 127 g/mol. The first-order chi connectivity index (χ1) is 4.12. The van der Waals surface area contributed by atoms with Crippen molar-refractivity contribution in [3.8, 4) is 0 Å². The van der Waals surface area contributed by atoms with Crippen molar-refractivity contribution in [1.82, 2.24) is 0 Å². The zero-order valence-corrected chi connectivity index (χ0v) is 7.04. The van der Waals surface area contributed by atoms with Crippen LogP contribution in [0.2, 0.25) is 0 Å². The maximum Gasteiger partial charge on any atom is -0.0354 e. The quantitative estimate of drug-likeness (QED) is 0.542. The fourth-order valence-corrected chi connectivity index (χ4v) is 0.780. The van der Waals surface area contributed by atoms with Crippen LogP contribution >= 0.6 is 0 Å². The minimum Gasteiger partial charge on any atom is -0.0654 e. The van der Waals surface area contributed by atoms with Crippen LogP contribution in [-0.4, -0.2) is 0 Å². The van der Waals surface area contributed by atoms with Gasteiger partial charge in [-0.3, -0.25) is 0 Å². The summed E-state index contributed by atoms with van der Waals surface area (Å²) in [4.78, 5) is 0. The predicted molar refractivity (Wildman–Crippen MR) is 43.3 cm³/mol. The molecule has 0 heteroatoms. The molecule has 0 nitrogen and oxygen atoms in total. The summed E-state index contributed by atoms with van der Waals surface area (Å²) in [6, 6.07) is 0. The SMILES string of the molecule is [CH2]CC(C)(C)CCCC. The van der Waals surface area contributed by atoms with Gasteiger partial charge in [-0.25, -0.2) is 0 Å². The molecule has 0 aromatic rings. The van der Waals surface area contributed by atoms with Crippen LogP contribution < -0.4 is 0 Å². The van der Waals surface area contributed by atoms with E-state index in [4.69, 9.17) is 0 Å². The standard InChI is InChI=1S/C9H19/c1-5-7-8-9(3,4)6-2/h2,5-8H2,1,3-4H3. The van der Waals surface area contributed by atoms with Gasteiger partial charge in [0.15, 0.2) is 0 Å². The molecule has 0 aliphatic carbocycles. The average Bonchev–Trinajstić information content (AvgIpc) is 1.84. The van der Waals surface area contributed by atoms with E-state index in [2.05, 4.69) is 27.7 Å². The third kappa shape index (κ3) is 4.50. The Morgan fingerprint density at radius 3 is 2.22 bits per heavy atom. The van der Waals surface area contributed by atoms with Crippen LogP contribution in [-0.2, 0) is 0 Å². The Kier molecular flexibility index (Phi) is 3.92. The Bertz CT molecular complexity index is 62.4. The molecule has 0 aliphatic rings. The summed E-state index contributed by atoms with van der Waals surface area (Å²) in [5, 5.41) is 0. The van der Waals surface area contributed by atoms with Crippen molar-refractivity contribution < 1.29 is 0 Å². The Balaban J connectivity index is 3.33. The van der Waals surface area contributed by atoms with E-state index in [9.17, 15) is 0 Å². The Hall–Kier alpha value is 0. The highest BCUT2D eigenvalue weighted by molar-refractivity contribution is 4.68.